The Morgan fingerprint density at radius 1 is 1.06 bits per heavy atom. The molecule has 1 aliphatic carbocycles. The number of carboxylic acid groups (broad SMARTS) is 1. The molecule has 0 amide bonds. The third-order valence-corrected chi connectivity index (χ3v) is 10.4. The number of hydrogen-bond acceptors (Lipinski definition) is 5. The molecule has 1 saturated carbocycles. The van der Waals surface area contributed by atoms with Crippen molar-refractivity contribution in [2.24, 2.45) is 0 Å². The predicted octanol–water partition coefficient (Wildman–Crippen LogP) is 4.47. The van der Waals surface area contributed by atoms with Crippen molar-refractivity contribution < 1.29 is 48.7 Å². The summed E-state index contributed by atoms with van der Waals surface area (Å²) in [5.41, 5.74) is -6.42. The second-order valence-electron chi connectivity index (χ2n) is 8.20. The molecule has 36 heavy (non-hydrogen) atoms. The van der Waals surface area contributed by atoms with Crippen LogP contribution in [0.15, 0.2) is 47.4 Å². The van der Waals surface area contributed by atoms with Crippen LogP contribution in [0.5, 0.6) is 0 Å². The van der Waals surface area contributed by atoms with Gasteiger partial charge in [0, 0.05) is 29.6 Å². The topological polar surface area (TPSA) is 109 Å². The van der Waals surface area contributed by atoms with E-state index in [0.29, 0.717) is 12.1 Å². The fraction of sp³-hybridized carbons (Fsp3) is 0.381. The van der Waals surface area contributed by atoms with E-state index in [1.54, 1.807) is 0 Å². The van der Waals surface area contributed by atoms with E-state index in [2.05, 4.69) is 0 Å². The molecule has 0 saturated heterocycles. The molecule has 0 unspecified atom stereocenters. The summed E-state index contributed by atoms with van der Waals surface area (Å²) in [5.74, 6) is -3.54. The molecule has 3 rings (SSSR count). The number of hydrogen-bond donors (Lipinski definition) is 1. The number of aliphatic carboxylic acids is 1. The Hall–Kier alpha value is -2.29. The van der Waals surface area contributed by atoms with E-state index in [9.17, 15) is 43.6 Å². The molecule has 0 atom stereocenters. The Labute approximate surface area is 208 Å². The number of halogens is 6. The second kappa shape index (κ2) is 9.88. The van der Waals surface area contributed by atoms with Gasteiger partial charge in [-0.3, -0.25) is 4.79 Å². The fourth-order valence-corrected chi connectivity index (χ4v) is 7.71. The lowest BCUT2D eigenvalue weighted by atomic mass is 9.74. The van der Waals surface area contributed by atoms with Crippen molar-refractivity contribution in [1.29, 1.82) is 0 Å². The molecule has 7 nitrogen and oxygen atoms in total. The number of rotatable bonds is 9. The van der Waals surface area contributed by atoms with Crippen LogP contribution in [0.1, 0.15) is 31.2 Å². The molecule has 198 valence electrons. The summed E-state index contributed by atoms with van der Waals surface area (Å²) in [4.78, 5) is 10.4. The predicted molar refractivity (Wildman–Crippen MR) is 118 cm³/mol. The lowest BCUT2D eigenvalue weighted by Crippen LogP contribution is -2.60. The van der Waals surface area contributed by atoms with Crippen LogP contribution in [0.4, 0.5) is 22.0 Å². The van der Waals surface area contributed by atoms with E-state index in [4.69, 9.17) is 16.7 Å². The fourth-order valence-electron chi connectivity index (χ4n) is 4.19. The molecule has 1 aliphatic rings. The van der Waals surface area contributed by atoms with E-state index in [-0.39, 0.29) is 14.2 Å². The van der Waals surface area contributed by atoms with Crippen molar-refractivity contribution in [1.82, 2.24) is 4.31 Å². The molecular weight excluding hydrogens is 557 g/mol. The van der Waals surface area contributed by atoms with Gasteiger partial charge in [0.15, 0.2) is 9.84 Å². The van der Waals surface area contributed by atoms with E-state index in [0.717, 1.165) is 18.2 Å². The number of nitrogens with zero attached hydrogens (tertiary/aromatic N) is 1. The molecule has 2 aromatic carbocycles. The summed E-state index contributed by atoms with van der Waals surface area (Å²) < 4.78 is 118. The highest BCUT2D eigenvalue weighted by Crippen LogP contribution is 2.54. The summed E-state index contributed by atoms with van der Waals surface area (Å²) in [6.07, 6.45) is -2.81. The third kappa shape index (κ3) is 5.08. The van der Waals surface area contributed by atoms with Gasteiger partial charge in [-0.15, -0.1) is 0 Å². The molecular formula is C21H19ClF5NO6S2. The van der Waals surface area contributed by atoms with Crippen molar-refractivity contribution in [3.05, 3.63) is 64.7 Å². The van der Waals surface area contributed by atoms with Crippen molar-refractivity contribution in [3.63, 3.8) is 0 Å². The maximum absolute atomic E-state index is 14.8. The van der Waals surface area contributed by atoms with Gasteiger partial charge in [0.25, 0.3) is 0 Å². The maximum atomic E-state index is 14.8. The van der Waals surface area contributed by atoms with Gasteiger partial charge in [-0.1, -0.05) is 11.6 Å². The Balaban J connectivity index is 2.10. The molecule has 1 N–H and O–H groups in total. The number of benzene rings is 2. The number of sulfone groups is 1. The zero-order valence-electron chi connectivity index (χ0n) is 18.2. The first kappa shape index (κ1) is 28.3. The SMILES string of the molecule is O=C(O)CCCN(C1CC(c2cc(F)ccc2F)(S(=O)(=O)c2ccc(Cl)cc2)C1)S(=O)(=O)C(F)(F)F. The molecule has 15 heteroatoms. The van der Waals surface area contributed by atoms with E-state index >= 15 is 0 Å². The molecule has 0 aromatic heterocycles. The highest BCUT2D eigenvalue weighted by molar-refractivity contribution is 7.92. The van der Waals surface area contributed by atoms with Crippen LogP contribution in [0.25, 0.3) is 0 Å². The Morgan fingerprint density at radius 2 is 1.64 bits per heavy atom. The molecule has 0 spiro atoms. The quantitative estimate of drug-likeness (QED) is 0.442. The van der Waals surface area contributed by atoms with Crippen LogP contribution in [0, 0.1) is 11.6 Å². The standard InChI is InChI=1S/C21H19ClF5NO6S2/c22-13-3-6-16(7-4-13)35(31,32)20(17-10-14(23)5-8-18(17)24)11-15(12-20)28(9-1-2-19(29)30)36(33,34)21(25,26)27/h3-8,10,15H,1-2,9,11-12H2,(H,29,30). The molecule has 0 radical (unpaired) electrons. The van der Waals surface area contributed by atoms with Gasteiger partial charge in [-0.2, -0.15) is 17.5 Å². The van der Waals surface area contributed by atoms with Crippen LogP contribution in [-0.2, 0) is 29.4 Å². The first-order valence-electron chi connectivity index (χ1n) is 10.3. The number of alkyl halides is 3. The molecule has 0 bridgehead atoms. The monoisotopic (exact) mass is 575 g/mol. The molecule has 0 aliphatic heterocycles. The van der Waals surface area contributed by atoms with Crippen LogP contribution in [0.3, 0.4) is 0 Å². The van der Waals surface area contributed by atoms with Gasteiger partial charge in [-0.05, 0) is 61.7 Å². The Bertz CT molecular complexity index is 1360. The lowest BCUT2D eigenvalue weighted by Gasteiger charge is -2.50. The van der Waals surface area contributed by atoms with Crippen LogP contribution in [-0.4, -0.2) is 50.3 Å². The van der Waals surface area contributed by atoms with E-state index in [1.165, 1.54) is 12.1 Å². The Morgan fingerprint density at radius 3 is 2.17 bits per heavy atom. The minimum absolute atomic E-state index is 0.0111. The lowest BCUT2D eigenvalue weighted by molar-refractivity contribution is -0.137. The van der Waals surface area contributed by atoms with Crippen molar-refractivity contribution in [3.8, 4) is 0 Å². The van der Waals surface area contributed by atoms with E-state index < -0.39 is 91.6 Å². The third-order valence-electron chi connectivity index (χ3n) is 5.97. The highest BCUT2D eigenvalue weighted by atomic mass is 35.5. The maximum Gasteiger partial charge on any atom is 0.511 e. The highest BCUT2D eigenvalue weighted by Gasteiger charge is 2.62. The van der Waals surface area contributed by atoms with Crippen molar-refractivity contribution in [2.45, 2.75) is 46.9 Å². The van der Waals surface area contributed by atoms with Gasteiger partial charge in [0.05, 0.1) is 4.90 Å². The van der Waals surface area contributed by atoms with Crippen LogP contribution >= 0.6 is 11.6 Å². The summed E-state index contributed by atoms with van der Waals surface area (Å²) in [7, 11) is -10.6. The first-order valence-corrected chi connectivity index (χ1v) is 13.6. The zero-order chi connectivity index (χ0) is 27.1. The largest absolute Gasteiger partial charge is 0.511 e. The van der Waals surface area contributed by atoms with Gasteiger partial charge in [-0.25, -0.2) is 25.6 Å². The Kier molecular flexibility index (Phi) is 7.76. The van der Waals surface area contributed by atoms with Crippen molar-refractivity contribution >= 4 is 37.4 Å². The average molecular weight is 576 g/mol. The second-order valence-corrected chi connectivity index (χ2v) is 12.8. The zero-order valence-corrected chi connectivity index (χ0v) is 20.6. The van der Waals surface area contributed by atoms with Gasteiger partial charge in [0.1, 0.15) is 16.4 Å². The molecule has 1 fully saturated rings. The minimum Gasteiger partial charge on any atom is -0.481 e. The smallest absolute Gasteiger partial charge is 0.481 e. The number of carboxylic acids is 1. The van der Waals surface area contributed by atoms with Gasteiger partial charge in [0.2, 0.25) is 0 Å². The van der Waals surface area contributed by atoms with Gasteiger partial charge < -0.3 is 5.11 Å². The average Bonchev–Trinajstić information content (AvgIpc) is 2.73. The van der Waals surface area contributed by atoms with Gasteiger partial charge >= 0.3 is 21.5 Å². The van der Waals surface area contributed by atoms with Crippen molar-refractivity contribution in [2.75, 3.05) is 6.54 Å². The number of sulfonamides is 1. The summed E-state index contributed by atoms with van der Waals surface area (Å²) in [5, 5.41) is 8.94. The normalized spacial score (nSPS) is 20.8. The first-order chi connectivity index (χ1) is 16.5. The van der Waals surface area contributed by atoms with E-state index in [1.807, 2.05) is 0 Å². The summed E-state index contributed by atoms with van der Waals surface area (Å²) in [6.45, 7) is -0.873. The van der Waals surface area contributed by atoms with Crippen LogP contribution < -0.4 is 0 Å². The summed E-state index contributed by atoms with van der Waals surface area (Å²) in [6, 6.07) is 5.00. The summed E-state index contributed by atoms with van der Waals surface area (Å²) >= 11 is 5.79. The van der Waals surface area contributed by atoms with Crippen LogP contribution in [0.2, 0.25) is 5.02 Å². The molecule has 2 aromatic rings. The minimum atomic E-state index is -6.00. The number of carbonyl (C=O) groups is 1. The molecule has 0 heterocycles.